The van der Waals surface area contributed by atoms with E-state index in [0.29, 0.717) is 23.6 Å². The Kier molecular flexibility index (Phi) is 5.88. The monoisotopic (exact) mass is 432 g/mol. The highest BCUT2D eigenvalue weighted by Gasteiger charge is 2.24. The number of rotatable bonds is 7. The minimum atomic E-state index is -3.75. The Hall–Kier alpha value is -3.27. The Balaban J connectivity index is 1.88. The molecule has 0 aliphatic carbocycles. The van der Waals surface area contributed by atoms with Gasteiger partial charge in [-0.1, -0.05) is 12.1 Å². The summed E-state index contributed by atoms with van der Waals surface area (Å²) in [6, 6.07) is 11.7. The molecule has 1 heterocycles. The fourth-order valence-electron chi connectivity index (χ4n) is 3.24. The smallest absolute Gasteiger partial charge is 0.328 e. The van der Waals surface area contributed by atoms with Crippen molar-refractivity contribution in [1.82, 2.24) is 9.13 Å². The van der Waals surface area contributed by atoms with Crippen LogP contribution in [-0.4, -0.2) is 42.9 Å². The van der Waals surface area contributed by atoms with Crippen molar-refractivity contribution in [2.45, 2.75) is 6.92 Å². The van der Waals surface area contributed by atoms with Crippen molar-refractivity contribution in [2.75, 3.05) is 29.0 Å². The predicted octanol–water partition coefficient (Wildman–Crippen LogP) is 1.68. The Labute approximate surface area is 174 Å². The number of carbonyl (C=O) groups is 1. The lowest BCUT2D eigenvalue weighted by molar-refractivity contribution is -0.114. The molecule has 0 fully saturated rings. The first-order valence-corrected chi connectivity index (χ1v) is 11.1. The number of aryl methyl sites for hydroxylation is 2. The average molecular weight is 433 g/mol. The summed E-state index contributed by atoms with van der Waals surface area (Å²) < 4.78 is 34.3. The minimum absolute atomic E-state index is 0.177. The highest BCUT2D eigenvalue weighted by atomic mass is 32.2. The molecule has 3 aromatic rings. The number of ether oxygens (including phenoxy) is 1. The summed E-state index contributed by atoms with van der Waals surface area (Å²) in [5.74, 6) is -0.147. The molecule has 0 spiro atoms. The Morgan fingerprint density at radius 1 is 1.10 bits per heavy atom. The van der Waals surface area contributed by atoms with Crippen molar-refractivity contribution >= 4 is 38.3 Å². The highest BCUT2D eigenvalue weighted by Crippen LogP contribution is 2.29. The third-order valence-electron chi connectivity index (χ3n) is 4.68. The third-order valence-corrected chi connectivity index (χ3v) is 5.80. The fourth-order valence-corrected chi connectivity index (χ4v) is 4.10. The number of nitrogens with zero attached hydrogens (tertiary/aromatic N) is 3. The molecule has 10 heteroatoms. The van der Waals surface area contributed by atoms with Gasteiger partial charge >= 0.3 is 5.69 Å². The number of hydrogen-bond acceptors (Lipinski definition) is 5. The number of para-hydroxylation sites is 2. The lowest BCUT2D eigenvalue weighted by atomic mass is 10.2. The lowest BCUT2D eigenvalue weighted by Gasteiger charge is -2.24. The van der Waals surface area contributed by atoms with E-state index >= 15 is 0 Å². The topological polar surface area (TPSA) is 103 Å². The van der Waals surface area contributed by atoms with Gasteiger partial charge in [-0.05, 0) is 37.3 Å². The number of sulfonamides is 1. The van der Waals surface area contributed by atoms with E-state index in [9.17, 15) is 18.0 Å². The van der Waals surface area contributed by atoms with Gasteiger partial charge in [-0.2, -0.15) is 0 Å². The van der Waals surface area contributed by atoms with Gasteiger partial charge in [0.25, 0.3) is 0 Å². The van der Waals surface area contributed by atoms with Crippen LogP contribution in [0.2, 0.25) is 0 Å². The zero-order valence-corrected chi connectivity index (χ0v) is 18.1. The summed E-state index contributed by atoms with van der Waals surface area (Å²) in [7, 11) is -0.432. The van der Waals surface area contributed by atoms with Crippen molar-refractivity contribution in [3.05, 3.63) is 52.9 Å². The summed E-state index contributed by atoms with van der Waals surface area (Å²) in [5.41, 5.74) is 1.95. The van der Waals surface area contributed by atoms with Gasteiger partial charge in [-0.3, -0.25) is 18.2 Å². The molecule has 30 heavy (non-hydrogen) atoms. The lowest BCUT2D eigenvalue weighted by Crippen LogP contribution is -2.37. The molecule has 0 aliphatic rings. The van der Waals surface area contributed by atoms with E-state index in [1.807, 2.05) is 0 Å². The molecular formula is C20H24N4O5S. The van der Waals surface area contributed by atoms with Gasteiger partial charge in [0.2, 0.25) is 15.9 Å². The molecule has 1 aromatic heterocycles. The maximum atomic E-state index is 12.7. The van der Waals surface area contributed by atoms with E-state index in [2.05, 4.69) is 5.32 Å². The molecule has 0 bridgehead atoms. The molecule has 0 radical (unpaired) electrons. The second-order valence-electron chi connectivity index (χ2n) is 6.82. The minimum Gasteiger partial charge on any atom is -0.492 e. The third kappa shape index (κ3) is 4.18. The normalized spacial score (nSPS) is 11.5. The van der Waals surface area contributed by atoms with Gasteiger partial charge in [0.1, 0.15) is 12.3 Å². The van der Waals surface area contributed by atoms with Crippen LogP contribution in [0.3, 0.4) is 0 Å². The zero-order chi connectivity index (χ0) is 22.1. The quantitative estimate of drug-likeness (QED) is 0.612. The SMILES string of the molecule is CCOc1ccccc1N(CC(=O)Nc1ccc2c(c1)n(C)c(=O)n2C)S(C)(=O)=O. The van der Waals surface area contributed by atoms with Crippen molar-refractivity contribution < 1.29 is 17.9 Å². The van der Waals surface area contributed by atoms with Gasteiger partial charge in [-0.15, -0.1) is 0 Å². The number of hydrogen-bond donors (Lipinski definition) is 1. The van der Waals surface area contributed by atoms with Crippen molar-refractivity contribution in [3.8, 4) is 5.75 Å². The van der Waals surface area contributed by atoms with Gasteiger partial charge in [0.05, 0.1) is 29.6 Å². The summed E-state index contributed by atoms with van der Waals surface area (Å²) >= 11 is 0. The van der Waals surface area contributed by atoms with Crippen LogP contribution in [0.5, 0.6) is 5.75 Å². The number of benzene rings is 2. The highest BCUT2D eigenvalue weighted by molar-refractivity contribution is 7.92. The fraction of sp³-hybridized carbons (Fsp3) is 0.300. The number of nitrogens with one attached hydrogen (secondary N) is 1. The Morgan fingerprint density at radius 3 is 2.43 bits per heavy atom. The Bertz CT molecular complexity index is 1260. The maximum Gasteiger partial charge on any atom is 0.328 e. The second-order valence-corrected chi connectivity index (χ2v) is 8.73. The molecule has 9 nitrogen and oxygen atoms in total. The number of imidazole rings is 1. The van der Waals surface area contributed by atoms with Crippen LogP contribution in [0.1, 0.15) is 6.92 Å². The van der Waals surface area contributed by atoms with E-state index in [0.717, 1.165) is 16.1 Å². The van der Waals surface area contributed by atoms with Crippen LogP contribution >= 0.6 is 0 Å². The van der Waals surface area contributed by atoms with E-state index in [1.165, 1.54) is 9.13 Å². The molecule has 0 atom stereocenters. The summed E-state index contributed by atoms with van der Waals surface area (Å²) in [6.07, 6.45) is 1.04. The molecule has 1 amide bonds. The van der Waals surface area contributed by atoms with Crippen LogP contribution in [0.15, 0.2) is 47.3 Å². The number of carbonyl (C=O) groups excluding carboxylic acids is 1. The molecule has 0 unspecified atom stereocenters. The largest absolute Gasteiger partial charge is 0.492 e. The van der Waals surface area contributed by atoms with Gasteiger partial charge in [0, 0.05) is 19.8 Å². The Morgan fingerprint density at radius 2 is 1.77 bits per heavy atom. The van der Waals surface area contributed by atoms with E-state index in [1.54, 1.807) is 63.5 Å². The molecule has 0 aliphatic heterocycles. The number of amides is 1. The van der Waals surface area contributed by atoms with Crippen LogP contribution in [0.25, 0.3) is 11.0 Å². The molecule has 1 N–H and O–H groups in total. The predicted molar refractivity (Wildman–Crippen MR) is 117 cm³/mol. The average Bonchev–Trinajstić information content (AvgIpc) is 2.90. The van der Waals surface area contributed by atoms with Crippen LogP contribution < -0.4 is 20.0 Å². The number of aromatic nitrogens is 2. The second kappa shape index (κ2) is 8.23. The summed E-state index contributed by atoms with van der Waals surface area (Å²) in [5, 5.41) is 2.70. The van der Waals surface area contributed by atoms with E-state index in [-0.39, 0.29) is 11.4 Å². The van der Waals surface area contributed by atoms with Crippen molar-refractivity contribution in [3.63, 3.8) is 0 Å². The van der Waals surface area contributed by atoms with Gasteiger partial charge in [-0.25, -0.2) is 13.2 Å². The number of fused-ring (bicyclic) bond motifs is 1. The first kappa shape index (κ1) is 21.4. The molecular weight excluding hydrogens is 408 g/mol. The van der Waals surface area contributed by atoms with Crippen LogP contribution in [0.4, 0.5) is 11.4 Å². The van der Waals surface area contributed by atoms with Crippen molar-refractivity contribution in [1.29, 1.82) is 0 Å². The van der Waals surface area contributed by atoms with Crippen LogP contribution in [-0.2, 0) is 28.9 Å². The van der Waals surface area contributed by atoms with Crippen LogP contribution in [0, 0.1) is 0 Å². The van der Waals surface area contributed by atoms with E-state index in [4.69, 9.17) is 4.74 Å². The molecule has 3 rings (SSSR count). The molecule has 0 saturated heterocycles. The first-order valence-electron chi connectivity index (χ1n) is 9.28. The van der Waals surface area contributed by atoms with Crippen molar-refractivity contribution in [2.24, 2.45) is 14.1 Å². The van der Waals surface area contributed by atoms with Gasteiger partial charge in [0.15, 0.2) is 0 Å². The molecule has 2 aromatic carbocycles. The first-order chi connectivity index (χ1) is 14.1. The molecule has 160 valence electrons. The molecule has 0 saturated carbocycles. The summed E-state index contributed by atoms with van der Waals surface area (Å²) in [4.78, 5) is 24.7. The zero-order valence-electron chi connectivity index (χ0n) is 17.2. The van der Waals surface area contributed by atoms with E-state index < -0.39 is 22.5 Å². The standard InChI is InChI=1S/C20H24N4O5S/c1-5-29-18-9-7-6-8-16(18)24(30(4,27)28)13-19(25)21-14-10-11-15-17(12-14)23(3)20(26)22(15)2/h6-12H,5,13H2,1-4H3,(H,21,25). The summed E-state index contributed by atoms with van der Waals surface area (Å²) in [6.45, 7) is 1.73. The van der Waals surface area contributed by atoms with Gasteiger partial charge < -0.3 is 10.1 Å². The maximum absolute atomic E-state index is 12.7. The number of anilines is 2.